The lowest BCUT2D eigenvalue weighted by Gasteiger charge is -2.01. The number of thiophene rings is 1. The van der Waals surface area contributed by atoms with Crippen molar-refractivity contribution in [2.45, 2.75) is 13.3 Å². The molecular weight excluding hydrogens is 418 g/mol. The Morgan fingerprint density at radius 3 is 2.79 bits per heavy atom. The highest BCUT2D eigenvalue weighted by molar-refractivity contribution is 7.21. The summed E-state index contributed by atoms with van der Waals surface area (Å²) in [6.45, 7) is 1.71. The van der Waals surface area contributed by atoms with Crippen molar-refractivity contribution in [1.82, 2.24) is 14.5 Å². The minimum atomic E-state index is -0.633. The van der Waals surface area contributed by atoms with Crippen molar-refractivity contribution in [2.24, 2.45) is 7.05 Å². The molecule has 0 bridgehead atoms. The van der Waals surface area contributed by atoms with Crippen LogP contribution in [-0.4, -0.2) is 20.4 Å². The summed E-state index contributed by atoms with van der Waals surface area (Å²) in [5, 5.41) is 3.49. The van der Waals surface area contributed by atoms with Crippen LogP contribution in [0.1, 0.15) is 25.7 Å². The molecule has 0 unspecified atom stereocenters. The molecule has 1 aromatic carbocycles. The van der Waals surface area contributed by atoms with Gasteiger partial charge in [0.25, 0.3) is 11.5 Å². The molecule has 0 aliphatic heterocycles. The average molecular weight is 432 g/mol. The molecule has 0 saturated heterocycles. The normalized spacial score (nSPS) is 11.2. The Kier molecular flexibility index (Phi) is 4.97. The smallest absolute Gasteiger partial charge is 0.267 e. The molecule has 4 rings (SSSR count). The molecule has 0 atom stereocenters. The number of hydrogen-bond donors (Lipinski definition) is 1. The molecule has 3 heterocycles. The molecule has 0 saturated carbocycles. The van der Waals surface area contributed by atoms with E-state index in [2.05, 4.69) is 15.3 Å². The molecule has 1 amide bonds. The molecule has 0 aliphatic carbocycles. The van der Waals surface area contributed by atoms with Crippen LogP contribution >= 0.6 is 22.7 Å². The van der Waals surface area contributed by atoms with Gasteiger partial charge >= 0.3 is 0 Å². The predicted octanol–water partition coefficient (Wildman–Crippen LogP) is 3.88. The van der Waals surface area contributed by atoms with E-state index in [4.69, 9.17) is 0 Å². The van der Waals surface area contributed by atoms with Crippen LogP contribution < -0.4 is 10.9 Å². The van der Waals surface area contributed by atoms with Gasteiger partial charge in [-0.15, -0.1) is 22.7 Å². The summed E-state index contributed by atoms with van der Waals surface area (Å²) in [5.74, 6) is -1.65. The van der Waals surface area contributed by atoms with Gasteiger partial charge in [0.2, 0.25) is 0 Å². The maximum absolute atomic E-state index is 13.8. The fourth-order valence-electron chi connectivity index (χ4n) is 2.88. The summed E-state index contributed by atoms with van der Waals surface area (Å²) in [6.07, 6.45) is 3.20. The maximum atomic E-state index is 13.8. The van der Waals surface area contributed by atoms with Crippen LogP contribution in [0.15, 0.2) is 35.5 Å². The average Bonchev–Trinajstić information content (AvgIpc) is 3.25. The van der Waals surface area contributed by atoms with Gasteiger partial charge in [-0.3, -0.25) is 14.9 Å². The zero-order chi connectivity index (χ0) is 20.7. The molecule has 29 heavy (non-hydrogen) atoms. The van der Waals surface area contributed by atoms with Gasteiger partial charge in [-0.2, -0.15) is 0 Å². The van der Waals surface area contributed by atoms with E-state index in [1.807, 2.05) is 0 Å². The number of aromatic nitrogens is 3. The van der Waals surface area contributed by atoms with Gasteiger partial charge in [0, 0.05) is 30.6 Å². The quantitative estimate of drug-likeness (QED) is 0.531. The Bertz CT molecular complexity index is 1310. The zero-order valence-corrected chi connectivity index (χ0v) is 17.0. The van der Waals surface area contributed by atoms with E-state index in [1.165, 1.54) is 40.6 Å². The number of thiazole rings is 1. The Hall–Kier alpha value is -2.98. The van der Waals surface area contributed by atoms with Crippen LogP contribution in [0.3, 0.4) is 0 Å². The highest BCUT2D eigenvalue weighted by Gasteiger charge is 2.20. The lowest BCUT2D eigenvalue weighted by Crippen LogP contribution is -2.17. The molecule has 6 nitrogen and oxygen atoms in total. The lowest BCUT2D eigenvalue weighted by molar-refractivity contribution is 0.103. The number of hydrogen-bond acceptors (Lipinski definition) is 6. The number of nitrogens with one attached hydrogen (secondary N) is 1. The van der Waals surface area contributed by atoms with Crippen molar-refractivity contribution < 1.29 is 13.6 Å². The van der Waals surface area contributed by atoms with Gasteiger partial charge in [0.1, 0.15) is 16.5 Å². The zero-order valence-electron chi connectivity index (χ0n) is 15.3. The molecular formula is C19H14F2N4O2S2. The molecule has 148 valence electrons. The minimum absolute atomic E-state index is 0.208. The monoisotopic (exact) mass is 432 g/mol. The second-order valence-electron chi connectivity index (χ2n) is 6.40. The number of anilines is 1. The second-order valence-corrected chi connectivity index (χ2v) is 8.51. The van der Waals surface area contributed by atoms with Crippen molar-refractivity contribution in [3.63, 3.8) is 0 Å². The van der Waals surface area contributed by atoms with Gasteiger partial charge in [-0.1, -0.05) is 6.07 Å². The summed E-state index contributed by atoms with van der Waals surface area (Å²) in [6, 6.07) is 3.42. The largest absolute Gasteiger partial charge is 0.302 e. The van der Waals surface area contributed by atoms with Gasteiger partial charge in [-0.25, -0.2) is 18.7 Å². The topological polar surface area (TPSA) is 76.9 Å². The van der Waals surface area contributed by atoms with E-state index in [0.717, 1.165) is 22.3 Å². The second kappa shape index (κ2) is 7.45. The van der Waals surface area contributed by atoms with Crippen molar-refractivity contribution in [3.05, 3.63) is 73.6 Å². The SMILES string of the molecule is Cc1c(C(=O)Nc2ncc(Cc3ccc(F)cc3F)s2)sc2ncn(C)c(=O)c12. The summed E-state index contributed by atoms with van der Waals surface area (Å²) in [5.41, 5.74) is 0.706. The molecule has 10 heteroatoms. The molecule has 0 aliphatic rings. The molecule has 4 aromatic rings. The molecule has 3 aromatic heterocycles. The first-order valence-electron chi connectivity index (χ1n) is 8.48. The van der Waals surface area contributed by atoms with E-state index in [0.29, 0.717) is 31.4 Å². The molecule has 0 fully saturated rings. The lowest BCUT2D eigenvalue weighted by atomic mass is 10.1. The van der Waals surface area contributed by atoms with E-state index >= 15 is 0 Å². The molecule has 0 radical (unpaired) electrons. The van der Waals surface area contributed by atoms with E-state index in [9.17, 15) is 18.4 Å². The van der Waals surface area contributed by atoms with E-state index < -0.39 is 11.6 Å². The number of carbonyl (C=O) groups is 1. The van der Waals surface area contributed by atoms with Gasteiger partial charge in [0.05, 0.1) is 16.6 Å². The molecule has 1 N–H and O–H groups in total. The van der Waals surface area contributed by atoms with Crippen molar-refractivity contribution in [1.29, 1.82) is 0 Å². The number of rotatable bonds is 4. The van der Waals surface area contributed by atoms with Crippen LogP contribution in [0.25, 0.3) is 10.2 Å². The summed E-state index contributed by atoms with van der Waals surface area (Å²) >= 11 is 2.34. The number of aryl methyl sites for hydroxylation is 2. The van der Waals surface area contributed by atoms with Crippen LogP contribution in [-0.2, 0) is 13.5 Å². The number of halogens is 2. The van der Waals surface area contributed by atoms with E-state index in [-0.39, 0.29) is 17.9 Å². The fourth-order valence-corrected chi connectivity index (χ4v) is 4.74. The van der Waals surface area contributed by atoms with Gasteiger partial charge < -0.3 is 4.57 Å². The summed E-state index contributed by atoms with van der Waals surface area (Å²) < 4.78 is 28.2. The Morgan fingerprint density at radius 2 is 2.03 bits per heavy atom. The first kappa shape index (κ1) is 19.3. The van der Waals surface area contributed by atoms with Crippen LogP contribution in [0.5, 0.6) is 0 Å². The Balaban J connectivity index is 1.55. The third kappa shape index (κ3) is 3.68. The minimum Gasteiger partial charge on any atom is -0.302 e. The van der Waals surface area contributed by atoms with Gasteiger partial charge in [-0.05, 0) is 24.1 Å². The highest BCUT2D eigenvalue weighted by Crippen LogP contribution is 2.29. The third-order valence-electron chi connectivity index (χ3n) is 4.37. The molecule has 0 spiro atoms. The van der Waals surface area contributed by atoms with Crippen LogP contribution in [0.4, 0.5) is 13.9 Å². The summed E-state index contributed by atoms with van der Waals surface area (Å²) in [7, 11) is 1.60. The van der Waals surface area contributed by atoms with Crippen molar-refractivity contribution in [2.75, 3.05) is 5.32 Å². The van der Waals surface area contributed by atoms with Gasteiger partial charge in [0.15, 0.2) is 5.13 Å². The number of amides is 1. The number of benzene rings is 1. The highest BCUT2D eigenvalue weighted by atomic mass is 32.1. The number of carbonyl (C=O) groups excluding carboxylic acids is 1. The Labute approximate surface area is 171 Å². The maximum Gasteiger partial charge on any atom is 0.267 e. The first-order chi connectivity index (χ1) is 13.8. The Morgan fingerprint density at radius 1 is 1.24 bits per heavy atom. The van der Waals surface area contributed by atoms with Crippen LogP contribution in [0, 0.1) is 18.6 Å². The first-order valence-corrected chi connectivity index (χ1v) is 10.1. The number of nitrogens with zero attached hydrogens (tertiary/aromatic N) is 3. The number of fused-ring (bicyclic) bond motifs is 1. The van der Waals surface area contributed by atoms with Crippen LogP contribution in [0.2, 0.25) is 0 Å². The van der Waals surface area contributed by atoms with Crippen molar-refractivity contribution in [3.8, 4) is 0 Å². The van der Waals surface area contributed by atoms with E-state index in [1.54, 1.807) is 14.0 Å². The third-order valence-corrected chi connectivity index (χ3v) is 6.48. The summed E-state index contributed by atoms with van der Waals surface area (Å²) in [4.78, 5) is 35.0. The predicted molar refractivity (Wildman–Crippen MR) is 109 cm³/mol. The van der Waals surface area contributed by atoms with Crippen molar-refractivity contribution >= 4 is 43.9 Å². The fraction of sp³-hybridized carbons (Fsp3) is 0.158. The standard InChI is InChI=1S/C19H14F2N4O2S2/c1-9-14-17(23-8-25(2)18(14)27)29-15(9)16(26)24-19-22-7-12(28-19)5-10-3-4-11(20)6-13(10)21/h3-4,6-8H,5H2,1-2H3,(H,22,24,26).